The summed E-state index contributed by atoms with van der Waals surface area (Å²) in [6.45, 7) is 0. The molecule has 0 saturated carbocycles. The summed E-state index contributed by atoms with van der Waals surface area (Å²) in [5.41, 5.74) is -0.794. The fraction of sp³-hybridized carbons (Fsp3) is 0. The van der Waals surface area contributed by atoms with Gasteiger partial charge in [0.15, 0.2) is 11.6 Å². The van der Waals surface area contributed by atoms with Crippen LogP contribution < -0.4 is 0 Å². The van der Waals surface area contributed by atoms with E-state index in [1.807, 2.05) is 0 Å². The van der Waals surface area contributed by atoms with Gasteiger partial charge in [-0.05, 0) is 6.07 Å². The molecule has 0 radical (unpaired) electrons. The van der Waals surface area contributed by atoms with Crippen LogP contribution in [0.25, 0.3) is 11.3 Å². The van der Waals surface area contributed by atoms with Crippen molar-refractivity contribution in [2.24, 2.45) is 0 Å². The summed E-state index contributed by atoms with van der Waals surface area (Å²) < 4.78 is 43.4. The quantitative estimate of drug-likeness (QED) is 0.823. The van der Waals surface area contributed by atoms with E-state index in [0.717, 1.165) is 6.07 Å². The molecule has 2 aromatic rings. The van der Waals surface area contributed by atoms with Crippen molar-refractivity contribution in [3.63, 3.8) is 0 Å². The molecule has 0 unspecified atom stereocenters. The van der Waals surface area contributed by atoms with E-state index < -0.39 is 34.7 Å². The van der Waals surface area contributed by atoms with Gasteiger partial charge >= 0.3 is 5.97 Å². The molecule has 4 nitrogen and oxygen atoms in total. The molecule has 1 aromatic carbocycles. The van der Waals surface area contributed by atoms with Crippen molar-refractivity contribution in [1.29, 1.82) is 0 Å². The van der Waals surface area contributed by atoms with E-state index in [0.29, 0.717) is 12.1 Å². The van der Waals surface area contributed by atoms with Crippen molar-refractivity contribution in [3.8, 4) is 11.3 Å². The Bertz CT molecular complexity index is 594. The van der Waals surface area contributed by atoms with Crippen molar-refractivity contribution >= 4 is 5.97 Å². The van der Waals surface area contributed by atoms with Gasteiger partial charge in [-0.1, -0.05) is 5.16 Å². The van der Waals surface area contributed by atoms with Gasteiger partial charge in [0.05, 0.1) is 0 Å². The summed E-state index contributed by atoms with van der Waals surface area (Å²) in [6, 6.07) is 1.94. The number of carboxylic acids is 1. The highest BCUT2D eigenvalue weighted by Gasteiger charge is 2.18. The zero-order valence-electron chi connectivity index (χ0n) is 8.08. The predicted molar refractivity (Wildman–Crippen MR) is 48.8 cm³/mol. The zero-order chi connectivity index (χ0) is 12.6. The Balaban J connectivity index is 2.56. The van der Waals surface area contributed by atoms with Gasteiger partial charge in [0.1, 0.15) is 11.5 Å². The molecular weight excluding hydrogens is 239 g/mol. The van der Waals surface area contributed by atoms with Gasteiger partial charge in [-0.25, -0.2) is 18.0 Å². The normalized spacial score (nSPS) is 10.5. The molecule has 7 heteroatoms. The van der Waals surface area contributed by atoms with E-state index in [4.69, 9.17) is 5.11 Å². The summed E-state index contributed by atoms with van der Waals surface area (Å²) in [6.07, 6.45) is 0. The molecule has 0 aliphatic rings. The highest BCUT2D eigenvalue weighted by Crippen LogP contribution is 2.25. The second kappa shape index (κ2) is 3.93. The number of nitrogens with zero attached hydrogens (tertiary/aromatic N) is 1. The van der Waals surface area contributed by atoms with Gasteiger partial charge in [-0.2, -0.15) is 0 Å². The van der Waals surface area contributed by atoms with Crippen LogP contribution >= 0.6 is 0 Å². The highest BCUT2D eigenvalue weighted by atomic mass is 19.2. The van der Waals surface area contributed by atoms with Crippen LogP contribution in [0.4, 0.5) is 13.2 Å². The Kier molecular flexibility index (Phi) is 2.58. The Morgan fingerprint density at radius 1 is 1.24 bits per heavy atom. The largest absolute Gasteiger partial charge is 0.475 e. The van der Waals surface area contributed by atoms with Crippen LogP contribution in [0.5, 0.6) is 0 Å². The molecule has 0 aliphatic carbocycles. The lowest BCUT2D eigenvalue weighted by molar-refractivity contribution is 0.0652. The summed E-state index contributed by atoms with van der Waals surface area (Å²) in [5, 5.41) is 11.8. The molecular formula is C10H4F3NO3. The lowest BCUT2D eigenvalue weighted by Crippen LogP contribution is -1.93. The topological polar surface area (TPSA) is 63.3 Å². The lowest BCUT2D eigenvalue weighted by Gasteiger charge is -1.99. The number of aromatic carboxylic acids is 1. The molecule has 1 N–H and O–H groups in total. The van der Waals surface area contributed by atoms with Crippen LogP contribution in [0.2, 0.25) is 0 Å². The first kappa shape index (κ1) is 11.2. The summed E-state index contributed by atoms with van der Waals surface area (Å²) >= 11 is 0. The summed E-state index contributed by atoms with van der Waals surface area (Å²) in [5.74, 6) is -5.68. The molecule has 0 spiro atoms. The number of rotatable bonds is 2. The van der Waals surface area contributed by atoms with Gasteiger partial charge in [0.25, 0.3) is 0 Å². The maximum absolute atomic E-state index is 13.3. The Morgan fingerprint density at radius 2 is 1.94 bits per heavy atom. The average molecular weight is 243 g/mol. The SMILES string of the molecule is O=C(O)c1cc(-c2cc(F)cc(F)c2F)no1. The molecule has 0 atom stereocenters. The van der Waals surface area contributed by atoms with Crippen LogP contribution in [0.1, 0.15) is 10.6 Å². The molecule has 88 valence electrons. The van der Waals surface area contributed by atoms with E-state index in [-0.39, 0.29) is 5.69 Å². The fourth-order valence-corrected chi connectivity index (χ4v) is 1.25. The second-order valence-corrected chi connectivity index (χ2v) is 3.13. The molecule has 0 saturated heterocycles. The number of halogens is 3. The first-order chi connectivity index (χ1) is 7.99. The summed E-state index contributed by atoms with van der Waals surface area (Å²) in [4.78, 5) is 10.5. The molecule has 0 fully saturated rings. The zero-order valence-corrected chi connectivity index (χ0v) is 8.08. The molecule has 1 heterocycles. The number of hydrogen-bond acceptors (Lipinski definition) is 3. The maximum Gasteiger partial charge on any atom is 0.374 e. The van der Waals surface area contributed by atoms with Gasteiger partial charge in [0.2, 0.25) is 5.76 Å². The molecule has 17 heavy (non-hydrogen) atoms. The number of carboxylic acid groups (broad SMARTS) is 1. The highest BCUT2D eigenvalue weighted by molar-refractivity contribution is 5.85. The van der Waals surface area contributed by atoms with E-state index >= 15 is 0 Å². The van der Waals surface area contributed by atoms with Crippen molar-refractivity contribution < 1.29 is 27.6 Å². The third-order valence-corrected chi connectivity index (χ3v) is 1.99. The minimum absolute atomic E-state index is 0.293. The van der Waals surface area contributed by atoms with Crippen molar-refractivity contribution in [3.05, 3.63) is 41.4 Å². The molecule has 1 aromatic heterocycles. The van der Waals surface area contributed by atoms with Gasteiger partial charge in [0, 0.05) is 17.7 Å². The minimum Gasteiger partial charge on any atom is -0.475 e. The monoisotopic (exact) mass is 243 g/mol. The predicted octanol–water partition coefficient (Wildman–Crippen LogP) is 2.46. The van der Waals surface area contributed by atoms with E-state index in [1.54, 1.807) is 0 Å². The minimum atomic E-state index is -1.42. The number of carbonyl (C=O) groups is 1. The molecule has 2 rings (SSSR count). The Hall–Kier alpha value is -2.31. The molecule has 0 aliphatic heterocycles. The average Bonchev–Trinajstić information content (AvgIpc) is 2.72. The molecule has 0 amide bonds. The van der Waals surface area contributed by atoms with Crippen LogP contribution in [-0.2, 0) is 0 Å². The van der Waals surface area contributed by atoms with Crippen LogP contribution in [0, 0.1) is 17.5 Å². The van der Waals surface area contributed by atoms with Crippen LogP contribution in [0.15, 0.2) is 22.7 Å². The number of hydrogen-bond donors (Lipinski definition) is 1. The smallest absolute Gasteiger partial charge is 0.374 e. The molecule has 0 bridgehead atoms. The Morgan fingerprint density at radius 3 is 2.53 bits per heavy atom. The van der Waals surface area contributed by atoms with Crippen molar-refractivity contribution in [2.75, 3.05) is 0 Å². The van der Waals surface area contributed by atoms with Gasteiger partial charge in [-0.15, -0.1) is 0 Å². The number of aromatic nitrogens is 1. The van der Waals surface area contributed by atoms with E-state index in [1.165, 1.54) is 0 Å². The van der Waals surface area contributed by atoms with Gasteiger partial charge < -0.3 is 9.63 Å². The van der Waals surface area contributed by atoms with Crippen LogP contribution in [-0.4, -0.2) is 16.2 Å². The first-order valence-electron chi connectivity index (χ1n) is 4.34. The second-order valence-electron chi connectivity index (χ2n) is 3.13. The fourth-order valence-electron chi connectivity index (χ4n) is 1.25. The standard InChI is InChI=1S/C10H4F3NO3/c11-4-1-5(9(13)6(12)2-4)7-3-8(10(15)16)17-14-7/h1-3H,(H,15,16). The third kappa shape index (κ3) is 1.99. The maximum atomic E-state index is 13.3. The van der Waals surface area contributed by atoms with E-state index in [9.17, 15) is 18.0 Å². The number of benzene rings is 1. The Labute approximate surface area is 92.3 Å². The van der Waals surface area contributed by atoms with Crippen molar-refractivity contribution in [2.45, 2.75) is 0 Å². The van der Waals surface area contributed by atoms with E-state index in [2.05, 4.69) is 9.68 Å². The summed E-state index contributed by atoms with van der Waals surface area (Å²) in [7, 11) is 0. The third-order valence-electron chi connectivity index (χ3n) is 1.99. The van der Waals surface area contributed by atoms with Gasteiger partial charge in [-0.3, -0.25) is 0 Å². The van der Waals surface area contributed by atoms with Crippen molar-refractivity contribution in [1.82, 2.24) is 5.16 Å². The lowest BCUT2D eigenvalue weighted by atomic mass is 10.1. The van der Waals surface area contributed by atoms with Crippen LogP contribution in [0.3, 0.4) is 0 Å². The first-order valence-corrected chi connectivity index (χ1v) is 4.34.